The molecule has 0 amide bonds. The van der Waals surface area contributed by atoms with Crippen LogP contribution in [0.15, 0.2) is 34.0 Å². The van der Waals surface area contributed by atoms with Crippen LogP contribution >= 0.6 is 0 Å². The summed E-state index contributed by atoms with van der Waals surface area (Å²) >= 11 is 0. The maximum Gasteiger partial charge on any atom is 0.242 e. The van der Waals surface area contributed by atoms with Gasteiger partial charge in [0.1, 0.15) is 6.26 Å². The van der Waals surface area contributed by atoms with Gasteiger partial charge < -0.3 is 14.4 Å². The summed E-state index contributed by atoms with van der Waals surface area (Å²) in [6, 6.07) is 3.91. The number of nitrogens with one attached hydrogen (secondary N) is 2. The van der Waals surface area contributed by atoms with Crippen LogP contribution in [0.4, 0.5) is 0 Å². The number of aromatic nitrogens is 2. The monoisotopic (exact) mass is 310 g/mol. The third-order valence-corrected chi connectivity index (χ3v) is 4.85. The molecule has 0 bridgehead atoms. The predicted molar refractivity (Wildman–Crippen MR) is 75.8 cm³/mol. The lowest BCUT2D eigenvalue weighted by Gasteiger charge is -2.03. The number of hydrogen-bond acceptors (Lipinski definition) is 5. The van der Waals surface area contributed by atoms with Crippen molar-refractivity contribution >= 4 is 10.0 Å². The Morgan fingerprint density at radius 2 is 2.24 bits per heavy atom. The zero-order valence-corrected chi connectivity index (χ0v) is 12.6. The molecule has 2 N–H and O–H groups in total. The van der Waals surface area contributed by atoms with Gasteiger partial charge in [0.2, 0.25) is 10.0 Å². The SMILES string of the molecule is Cn1cc(S(=O)(=O)NCc2ccon2)cc1CNC1CC1. The lowest BCUT2D eigenvalue weighted by atomic mass is 10.4. The van der Waals surface area contributed by atoms with Crippen LogP contribution in [-0.4, -0.2) is 24.2 Å². The molecule has 1 aliphatic carbocycles. The summed E-state index contributed by atoms with van der Waals surface area (Å²) in [5.41, 5.74) is 1.49. The highest BCUT2D eigenvalue weighted by Crippen LogP contribution is 2.20. The summed E-state index contributed by atoms with van der Waals surface area (Å²) in [5.74, 6) is 0. The molecular formula is C13H18N4O3S. The Kier molecular flexibility index (Phi) is 3.83. The predicted octanol–water partition coefficient (Wildman–Crippen LogP) is 0.744. The molecule has 0 aromatic carbocycles. The molecule has 21 heavy (non-hydrogen) atoms. The molecule has 1 fully saturated rings. The van der Waals surface area contributed by atoms with Crippen molar-refractivity contribution in [2.24, 2.45) is 7.05 Å². The number of hydrogen-bond donors (Lipinski definition) is 2. The molecule has 1 saturated carbocycles. The van der Waals surface area contributed by atoms with Crippen molar-refractivity contribution in [1.82, 2.24) is 19.8 Å². The molecule has 1 aliphatic rings. The zero-order chi connectivity index (χ0) is 14.9. The van der Waals surface area contributed by atoms with Crippen LogP contribution in [0, 0.1) is 0 Å². The van der Waals surface area contributed by atoms with Crippen LogP contribution in [-0.2, 0) is 30.2 Å². The van der Waals surface area contributed by atoms with Crippen molar-refractivity contribution in [3.8, 4) is 0 Å². The van der Waals surface area contributed by atoms with Gasteiger partial charge in [0.25, 0.3) is 0 Å². The molecule has 0 aliphatic heterocycles. The first-order valence-electron chi connectivity index (χ1n) is 6.82. The molecule has 0 unspecified atom stereocenters. The molecule has 7 nitrogen and oxygen atoms in total. The third-order valence-electron chi connectivity index (χ3n) is 3.48. The van der Waals surface area contributed by atoms with E-state index in [9.17, 15) is 8.42 Å². The molecule has 8 heteroatoms. The molecule has 3 rings (SSSR count). The summed E-state index contributed by atoms with van der Waals surface area (Å²) in [4.78, 5) is 0.265. The van der Waals surface area contributed by atoms with E-state index in [-0.39, 0.29) is 11.4 Å². The maximum atomic E-state index is 12.2. The average Bonchev–Trinajstić information content (AvgIpc) is 2.98. The van der Waals surface area contributed by atoms with E-state index >= 15 is 0 Å². The quantitative estimate of drug-likeness (QED) is 0.787. The van der Waals surface area contributed by atoms with Gasteiger partial charge in [-0.25, -0.2) is 13.1 Å². The van der Waals surface area contributed by atoms with Crippen molar-refractivity contribution in [1.29, 1.82) is 0 Å². The Balaban J connectivity index is 1.67. The minimum atomic E-state index is -3.54. The van der Waals surface area contributed by atoms with Crippen molar-refractivity contribution in [3.05, 3.63) is 36.0 Å². The fourth-order valence-corrected chi connectivity index (χ4v) is 3.11. The number of sulfonamides is 1. The first kappa shape index (κ1) is 14.3. The molecule has 2 aromatic heterocycles. The van der Waals surface area contributed by atoms with E-state index in [1.165, 1.54) is 19.1 Å². The van der Waals surface area contributed by atoms with E-state index in [0.29, 0.717) is 18.3 Å². The second-order valence-electron chi connectivity index (χ2n) is 5.25. The summed E-state index contributed by atoms with van der Waals surface area (Å²) in [6.45, 7) is 0.795. The summed E-state index contributed by atoms with van der Waals surface area (Å²) < 4.78 is 33.5. The van der Waals surface area contributed by atoms with Crippen LogP contribution in [0.2, 0.25) is 0 Å². The van der Waals surface area contributed by atoms with Crippen molar-refractivity contribution in [3.63, 3.8) is 0 Å². The Bertz CT molecular complexity index is 702. The van der Waals surface area contributed by atoms with Crippen molar-refractivity contribution < 1.29 is 12.9 Å². The van der Waals surface area contributed by atoms with Crippen LogP contribution in [0.5, 0.6) is 0 Å². The highest BCUT2D eigenvalue weighted by molar-refractivity contribution is 7.89. The number of rotatable bonds is 7. The summed E-state index contributed by atoms with van der Waals surface area (Å²) in [6.07, 6.45) is 5.44. The second-order valence-corrected chi connectivity index (χ2v) is 7.02. The second kappa shape index (κ2) is 5.63. The fraction of sp³-hybridized carbons (Fsp3) is 0.462. The van der Waals surface area contributed by atoms with Crippen molar-refractivity contribution in [2.45, 2.75) is 36.9 Å². The normalized spacial score (nSPS) is 15.5. The van der Waals surface area contributed by atoms with Gasteiger partial charge in [-0.05, 0) is 18.9 Å². The molecule has 0 radical (unpaired) electrons. The number of aryl methyl sites for hydroxylation is 1. The van der Waals surface area contributed by atoms with Gasteiger partial charge >= 0.3 is 0 Å². The minimum Gasteiger partial charge on any atom is -0.364 e. The highest BCUT2D eigenvalue weighted by Gasteiger charge is 2.22. The molecular weight excluding hydrogens is 292 g/mol. The molecule has 0 spiro atoms. The Hall–Kier alpha value is -1.64. The van der Waals surface area contributed by atoms with Crippen LogP contribution in [0.1, 0.15) is 24.2 Å². The van der Waals surface area contributed by atoms with Gasteiger partial charge in [-0.2, -0.15) is 0 Å². The number of nitrogens with zero attached hydrogens (tertiary/aromatic N) is 2. The topological polar surface area (TPSA) is 89.2 Å². The van der Waals surface area contributed by atoms with E-state index in [2.05, 4.69) is 19.7 Å². The van der Waals surface area contributed by atoms with Crippen LogP contribution in [0.25, 0.3) is 0 Å². The highest BCUT2D eigenvalue weighted by atomic mass is 32.2. The Morgan fingerprint density at radius 3 is 2.90 bits per heavy atom. The molecule has 114 valence electrons. The average molecular weight is 310 g/mol. The minimum absolute atomic E-state index is 0.114. The van der Waals surface area contributed by atoms with Crippen LogP contribution < -0.4 is 10.0 Å². The van der Waals surface area contributed by atoms with E-state index in [0.717, 1.165) is 5.69 Å². The smallest absolute Gasteiger partial charge is 0.242 e. The molecule has 2 aromatic rings. The first-order valence-corrected chi connectivity index (χ1v) is 8.30. The van der Waals surface area contributed by atoms with Gasteiger partial charge in [0, 0.05) is 37.6 Å². The van der Waals surface area contributed by atoms with E-state index in [1.807, 2.05) is 11.6 Å². The molecule has 0 saturated heterocycles. The Morgan fingerprint density at radius 1 is 1.43 bits per heavy atom. The van der Waals surface area contributed by atoms with Gasteiger partial charge in [-0.3, -0.25) is 0 Å². The maximum absolute atomic E-state index is 12.2. The fourth-order valence-electron chi connectivity index (χ4n) is 2.02. The first-order chi connectivity index (χ1) is 10.0. The van der Waals surface area contributed by atoms with E-state index < -0.39 is 10.0 Å². The van der Waals surface area contributed by atoms with Gasteiger partial charge in [0.05, 0.1) is 17.1 Å². The van der Waals surface area contributed by atoms with Crippen LogP contribution in [0.3, 0.4) is 0 Å². The van der Waals surface area contributed by atoms with Gasteiger partial charge in [-0.15, -0.1) is 0 Å². The Labute approximate surface area is 123 Å². The standard InChI is InChI=1S/C13H18N4O3S/c1-17-9-13(6-12(17)8-14-10-2-3-10)21(18,19)15-7-11-4-5-20-16-11/h4-6,9-10,14-15H,2-3,7-8H2,1H3. The van der Waals surface area contributed by atoms with Crippen molar-refractivity contribution in [2.75, 3.05) is 0 Å². The van der Waals surface area contributed by atoms with Gasteiger partial charge in [0.15, 0.2) is 0 Å². The van der Waals surface area contributed by atoms with Gasteiger partial charge in [-0.1, -0.05) is 5.16 Å². The summed E-state index contributed by atoms with van der Waals surface area (Å²) in [7, 11) is -1.69. The summed E-state index contributed by atoms with van der Waals surface area (Å²) in [5, 5.41) is 7.05. The largest absolute Gasteiger partial charge is 0.364 e. The lowest BCUT2D eigenvalue weighted by Crippen LogP contribution is -2.23. The molecule has 2 heterocycles. The third kappa shape index (κ3) is 3.52. The lowest BCUT2D eigenvalue weighted by molar-refractivity contribution is 0.411. The van der Waals surface area contributed by atoms with E-state index in [1.54, 1.807) is 18.3 Å². The molecule has 0 atom stereocenters. The van der Waals surface area contributed by atoms with E-state index in [4.69, 9.17) is 0 Å². The zero-order valence-electron chi connectivity index (χ0n) is 11.7.